The summed E-state index contributed by atoms with van der Waals surface area (Å²) in [4.78, 5) is 13.5. The Hall–Kier alpha value is -2.37. The molecule has 0 saturated carbocycles. The van der Waals surface area contributed by atoms with Crippen molar-refractivity contribution >= 4 is 11.6 Å². The van der Waals surface area contributed by atoms with Gasteiger partial charge in [-0.1, -0.05) is 6.07 Å². The number of nitrogens with zero attached hydrogens (tertiary/aromatic N) is 3. The second-order valence-electron chi connectivity index (χ2n) is 3.42. The van der Waals surface area contributed by atoms with Gasteiger partial charge in [-0.2, -0.15) is 15.4 Å². The van der Waals surface area contributed by atoms with Crippen molar-refractivity contribution in [2.24, 2.45) is 0 Å². The van der Waals surface area contributed by atoms with E-state index in [0.29, 0.717) is 5.75 Å². The molecule has 0 spiro atoms. The zero-order chi connectivity index (χ0) is 12.3. The van der Waals surface area contributed by atoms with Crippen molar-refractivity contribution in [2.45, 2.75) is 0 Å². The maximum absolute atomic E-state index is 12.0. The van der Waals surface area contributed by atoms with Gasteiger partial charge in [0.25, 0.3) is 5.91 Å². The molecular weight excluding hydrogens is 220 g/mol. The van der Waals surface area contributed by atoms with Crippen LogP contribution < -0.4 is 9.64 Å². The molecule has 0 radical (unpaired) electrons. The maximum Gasteiger partial charge on any atom is 0.280 e. The Labute approximate surface area is 98.2 Å². The van der Waals surface area contributed by atoms with Gasteiger partial charge in [0, 0.05) is 18.8 Å². The molecule has 2 rings (SSSR count). The minimum atomic E-state index is -0.230. The Bertz CT molecular complexity index is 510. The summed E-state index contributed by atoms with van der Waals surface area (Å²) in [6, 6.07) is 7.23. The van der Waals surface area contributed by atoms with Crippen molar-refractivity contribution in [3.8, 4) is 5.75 Å². The van der Waals surface area contributed by atoms with E-state index in [0.717, 1.165) is 5.69 Å². The Morgan fingerprint density at radius 2 is 2.29 bits per heavy atom. The lowest BCUT2D eigenvalue weighted by Gasteiger charge is -2.16. The fourth-order valence-corrected chi connectivity index (χ4v) is 1.41. The summed E-state index contributed by atoms with van der Waals surface area (Å²) in [5.41, 5.74) is 1.01. The maximum atomic E-state index is 12.0. The predicted molar refractivity (Wildman–Crippen MR) is 62.1 cm³/mol. The lowest BCUT2D eigenvalue weighted by atomic mass is 10.2. The third-order valence-corrected chi connectivity index (χ3v) is 2.38. The number of benzene rings is 1. The van der Waals surface area contributed by atoms with E-state index in [-0.39, 0.29) is 11.6 Å². The fourth-order valence-electron chi connectivity index (χ4n) is 1.41. The van der Waals surface area contributed by atoms with Crippen LogP contribution in [0.2, 0.25) is 0 Å². The van der Waals surface area contributed by atoms with Crippen molar-refractivity contribution in [3.05, 3.63) is 36.2 Å². The lowest BCUT2D eigenvalue weighted by molar-refractivity contribution is 0.0988. The number of H-pyrrole nitrogens is 1. The van der Waals surface area contributed by atoms with Crippen LogP contribution in [0.1, 0.15) is 10.5 Å². The molecule has 0 aliphatic heterocycles. The van der Waals surface area contributed by atoms with E-state index in [9.17, 15) is 4.79 Å². The van der Waals surface area contributed by atoms with Gasteiger partial charge in [-0.25, -0.2) is 0 Å². The highest BCUT2D eigenvalue weighted by atomic mass is 16.5. The summed E-state index contributed by atoms with van der Waals surface area (Å²) in [5.74, 6) is 0.467. The lowest BCUT2D eigenvalue weighted by Crippen LogP contribution is -2.26. The predicted octanol–water partition coefficient (Wildman–Crippen LogP) is 1.09. The van der Waals surface area contributed by atoms with Gasteiger partial charge in [-0.3, -0.25) is 4.79 Å². The first-order valence-electron chi connectivity index (χ1n) is 5.00. The highest BCUT2D eigenvalue weighted by Gasteiger charge is 2.16. The largest absolute Gasteiger partial charge is 0.497 e. The van der Waals surface area contributed by atoms with E-state index in [1.165, 1.54) is 11.1 Å². The SMILES string of the molecule is COc1cccc(N(C)C(=O)c2cn[nH]n2)c1. The van der Waals surface area contributed by atoms with Gasteiger partial charge >= 0.3 is 0 Å². The highest BCUT2D eigenvalue weighted by Crippen LogP contribution is 2.20. The minimum absolute atomic E-state index is 0.230. The monoisotopic (exact) mass is 232 g/mol. The molecule has 0 atom stereocenters. The Morgan fingerprint density at radius 1 is 1.47 bits per heavy atom. The molecule has 0 unspecified atom stereocenters. The van der Waals surface area contributed by atoms with Crippen LogP contribution in [-0.4, -0.2) is 35.5 Å². The standard InChI is InChI=1S/C11H12N4O2/c1-15(11(16)10-7-12-14-13-10)8-4-3-5-9(6-8)17-2/h3-7H,1-2H3,(H,12,13,14). The first kappa shape index (κ1) is 11.1. The van der Waals surface area contributed by atoms with E-state index in [1.54, 1.807) is 20.2 Å². The molecule has 0 saturated heterocycles. The first-order chi connectivity index (χ1) is 8.22. The van der Waals surface area contributed by atoms with Crippen molar-refractivity contribution in [1.29, 1.82) is 0 Å². The molecule has 1 aromatic carbocycles. The summed E-state index contributed by atoms with van der Waals surface area (Å²) in [6.07, 6.45) is 1.39. The average molecular weight is 232 g/mol. The molecule has 2 aromatic rings. The zero-order valence-electron chi connectivity index (χ0n) is 9.54. The van der Waals surface area contributed by atoms with Gasteiger partial charge in [0.1, 0.15) is 5.75 Å². The third-order valence-electron chi connectivity index (χ3n) is 2.38. The van der Waals surface area contributed by atoms with Gasteiger partial charge in [0.05, 0.1) is 13.3 Å². The van der Waals surface area contributed by atoms with Crippen molar-refractivity contribution in [2.75, 3.05) is 19.1 Å². The van der Waals surface area contributed by atoms with Crippen LogP contribution in [0.5, 0.6) is 5.75 Å². The summed E-state index contributed by atoms with van der Waals surface area (Å²) in [7, 11) is 3.25. The normalized spacial score (nSPS) is 10.0. The van der Waals surface area contributed by atoms with Crippen LogP contribution in [0.3, 0.4) is 0 Å². The number of methoxy groups -OCH3 is 1. The van der Waals surface area contributed by atoms with Gasteiger partial charge in [-0.05, 0) is 12.1 Å². The second kappa shape index (κ2) is 4.65. The molecule has 88 valence electrons. The van der Waals surface area contributed by atoms with Crippen molar-refractivity contribution < 1.29 is 9.53 Å². The van der Waals surface area contributed by atoms with Crippen LogP contribution in [-0.2, 0) is 0 Å². The molecule has 6 nitrogen and oxygen atoms in total. The Morgan fingerprint density at radius 3 is 2.94 bits per heavy atom. The molecule has 17 heavy (non-hydrogen) atoms. The van der Waals surface area contributed by atoms with Crippen LogP contribution in [0.25, 0.3) is 0 Å². The van der Waals surface area contributed by atoms with E-state index in [2.05, 4.69) is 15.4 Å². The quantitative estimate of drug-likeness (QED) is 0.859. The van der Waals surface area contributed by atoms with E-state index >= 15 is 0 Å². The average Bonchev–Trinajstić information content (AvgIpc) is 2.91. The number of aromatic amines is 1. The molecule has 0 aliphatic rings. The molecule has 1 heterocycles. The van der Waals surface area contributed by atoms with Crippen LogP contribution >= 0.6 is 0 Å². The summed E-state index contributed by atoms with van der Waals surface area (Å²) >= 11 is 0. The van der Waals surface area contributed by atoms with Gasteiger partial charge in [-0.15, -0.1) is 0 Å². The summed E-state index contributed by atoms with van der Waals surface area (Å²) in [6.45, 7) is 0. The number of rotatable bonds is 3. The Kier molecular flexibility index (Phi) is 3.04. The number of hydrogen-bond acceptors (Lipinski definition) is 4. The number of nitrogens with one attached hydrogen (secondary N) is 1. The number of carbonyl (C=O) groups is 1. The topological polar surface area (TPSA) is 71.1 Å². The van der Waals surface area contributed by atoms with Crippen LogP contribution in [0.4, 0.5) is 5.69 Å². The number of aromatic nitrogens is 3. The number of anilines is 1. The molecule has 0 bridgehead atoms. The van der Waals surface area contributed by atoms with Crippen molar-refractivity contribution in [3.63, 3.8) is 0 Å². The van der Waals surface area contributed by atoms with E-state index < -0.39 is 0 Å². The number of amides is 1. The molecule has 1 N–H and O–H groups in total. The van der Waals surface area contributed by atoms with Crippen molar-refractivity contribution in [1.82, 2.24) is 15.4 Å². The zero-order valence-corrected chi connectivity index (χ0v) is 9.54. The molecule has 0 aliphatic carbocycles. The first-order valence-corrected chi connectivity index (χ1v) is 5.00. The van der Waals surface area contributed by atoms with Gasteiger partial charge in [0.2, 0.25) is 0 Å². The molecule has 1 amide bonds. The summed E-state index contributed by atoms with van der Waals surface area (Å²) in [5, 5.41) is 9.76. The third kappa shape index (κ3) is 2.25. The minimum Gasteiger partial charge on any atom is -0.497 e. The molecule has 6 heteroatoms. The van der Waals surface area contributed by atoms with Gasteiger partial charge < -0.3 is 9.64 Å². The smallest absolute Gasteiger partial charge is 0.280 e. The van der Waals surface area contributed by atoms with E-state index in [1.807, 2.05) is 18.2 Å². The molecule has 0 fully saturated rings. The van der Waals surface area contributed by atoms with E-state index in [4.69, 9.17) is 4.74 Å². The highest BCUT2D eigenvalue weighted by molar-refractivity contribution is 6.04. The van der Waals surface area contributed by atoms with Crippen LogP contribution in [0, 0.1) is 0 Å². The number of carbonyl (C=O) groups excluding carboxylic acids is 1. The number of ether oxygens (including phenoxy) is 1. The molecular formula is C11H12N4O2. The van der Waals surface area contributed by atoms with Gasteiger partial charge in [0.15, 0.2) is 5.69 Å². The second-order valence-corrected chi connectivity index (χ2v) is 3.42. The Balaban J connectivity index is 2.24. The number of hydrogen-bond donors (Lipinski definition) is 1. The van der Waals surface area contributed by atoms with Crippen LogP contribution in [0.15, 0.2) is 30.5 Å². The summed E-state index contributed by atoms with van der Waals surface area (Å²) < 4.78 is 5.10. The molecule has 1 aromatic heterocycles. The fraction of sp³-hybridized carbons (Fsp3) is 0.182.